The van der Waals surface area contributed by atoms with Gasteiger partial charge >= 0.3 is 11.9 Å². The predicted octanol–water partition coefficient (Wildman–Crippen LogP) is 4.43. The Bertz CT molecular complexity index is 1900. The van der Waals surface area contributed by atoms with Gasteiger partial charge in [-0.1, -0.05) is 6.58 Å². The van der Waals surface area contributed by atoms with Gasteiger partial charge in [-0.05, 0) is 30.7 Å². The van der Waals surface area contributed by atoms with E-state index < -0.39 is 41.7 Å². The summed E-state index contributed by atoms with van der Waals surface area (Å²) in [4.78, 5) is 24.1. The summed E-state index contributed by atoms with van der Waals surface area (Å²) < 4.78 is 77.1. The summed E-state index contributed by atoms with van der Waals surface area (Å²) in [5.41, 5.74) is -1.00. The molecule has 3 aliphatic rings. The maximum absolute atomic E-state index is 15.1. The molecule has 0 spiro atoms. The van der Waals surface area contributed by atoms with E-state index >= 15 is 13.2 Å². The molecule has 2 fully saturated rings. The number of rotatable bonds is 6. The van der Waals surface area contributed by atoms with Gasteiger partial charge in [0, 0.05) is 80.0 Å². The fourth-order valence-corrected chi connectivity index (χ4v) is 8.34. The summed E-state index contributed by atoms with van der Waals surface area (Å²) in [6.07, 6.45) is -3.59. The Kier molecular flexibility index (Phi) is 7.85. The number of anilines is 1. The van der Waals surface area contributed by atoms with Crippen molar-refractivity contribution in [2.75, 3.05) is 56.5 Å². The van der Waals surface area contributed by atoms with Crippen LogP contribution in [0.2, 0.25) is 0 Å². The first-order valence-corrected chi connectivity index (χ1v) is 16.0. The van der Waals surface area contributed by atoms with Crippen LogP contribution in [0.3, 0.4) is 0 Å². The zero-order valence-corrected chi connectivity index (χ0v) is 25.8. The van der Waals surface area contributed by atoms with Crippen molar-refractivity contribution in [3.63, 3.8) is 0 Å². The van der Waals surface area contributed by atoms with Gasteiger partial charge in [0.1, 0.15) is 24.0 Å². The minimum absolute atomic E-state index is 0.0845. The normalized spacial score (nSPS) is 21.8. The van der Waals surface area contributed by atoms with Crippen LogP contribution in [0.4, 0.5) is 27.8 Å². The van der Waals surface area contributed by atoms with E-state index in [0.717, 1.165) is 12.1 Å². The first kappa shape index (κ1) is 31.1. The maximum Gasteiger partial charge on any atom is 0.417 e. The molecular formula is C31H32F5N7O2S. The lowest BCUT2D eigenvalue weighted by Crippen LogP contribution is -2.50. The van der Waals surface area contributed by atoms with Crippen molar-refractivity contribution >= 4 is 39.4 Å². The van der Waals surface area contributed by atoms with Crippen LogP contribution in [0.1, 0.15) is 18.0 Å². The van der Waals surface area contributed by atoms with Crippen LogP contribution < -0.4 is 10.6 Å². The summed E-state index contributed by atoms with van der Waals surface area (Å²) in [6.45, 7) is 6.09. The van der Waals surface area contributed by atoms with Gasteiger partial charge in [-0.2, -0.15) is 23.3 Å². The van der Waals surface area contributed by atoms with E-state index in [4.69, 9.17) is 0 Å². The van der Waals surface area contributed by atoms with Crippen LogP contribution in [0.5, 0.6) is 0 Å². The molecule has 244 valence electrons. The second kappa shape index (κ2) is 11.6. The zero-order valence-electron chi connectivity index (χ0n) is 25.0. The molecule has 0 amide bonds. The Morgan fingerprint density at radius 1 is 1.15 bits per heavy atom. The summed E-state index contributed by atoms with van der Waals surface area (Å²) in [5, 5.41) is 14.6. The van der Waals surface area contributed by atoms with Gasteiger partial charge < -0.3 is 10.0 Å². The lowest BCUT2D eigenvalue weighted by atomic mass is 9.94. The lowest BCUT2D eigenvalue weighted by molar-refractivity contribution is -0.137. The van der Waals surface area contributed by atoms with E-state index in [1.165, 1.54) is 39.4 Å². The standard InChI is InChI=1S/C31H32F5N7O2S/c1-3-24(44)41-8-10-42(11-9-41)29-20-12-22(31(34,35)36)25(19-4-5-23(33)21-13-37-39(2)26(19)21)28-27(20)43(30(45)38-29)18(16-46-28)15-40-7-6-17(32)14-40/h3-5,12-13,17-18,24,44H,1,6-11,14-16H2,2H3. The van der Waals surface area contributed by atoms with Crippen molar-refractivity contribution in [2.45, 2.75) is 35.9 Å². The van der Waals surface area contributed by atoms with Crippen LogP contribution in [-0.4, -0.2) is 98.2 Å². The number of piperazine rings is 1. The molecule has 3 aliphatic heterocycles. The number of hydrogen-bond acceptors (Lipinski definition) is 8. The molecule has 0 aliphatic carbocycles. The van der Waals surface area contributed by atoms with Crippen LogP contribution in [-0.2, 0) is 13.2 Å². The second-order valence-corrected chi connectivity index (χ2v) is 13.0. The third kappa shape index (κ3) is 5.17. The van der Waals surface area contributed by atoms with Gasteiger partial charge in [0.25, 0.3) is 0 Å². The smallest absolute Gasteiger partial charge is 0.375 e. The Hall–Kier alpha value is -3.53. The molecule has 3 unspecified atom stereocenters. The van der Waals surface area contributed by atoms with Crippen LogP contribution in [0.15, 0.2) is 46.7 Å². The van der Waals surface area contributed by atoms with Crippen LogP contribution in [0, 0.1) is 5.82 Å². The Morgan fingerprint density at radius 3 is 2.59 bits per heavy atom. The molecule has 0 bridgehead atoms. The fourth-order valence-electron chi connectivity index (χ4n) is 7.01. The van der Waals surface area contributed by atoms with Gasteiger partial charge in [-0.25, -0.2) is 13.6 Å². The highest BCUT2D eigenvalue weighted by Crippen LogP contribution is 2.51. The fraction of sp³-hybridized carbons (Fsp3) is 0.452. The van der Waals surface area contributed by atoms with E-state index in [1.807, 2.05) is 4.90 Å². The molecular weight excluding hydrogens is 629 g/mol. The molecule has 9 nitrogen and oxygen atoms in total. The van der Waals surface area contributed by atoms with Crippen LogP contribution in [0.25, 0.3) is 32.9 Å². The average molecular weight is 662 g/mol. The molecule has 0 radical (unpaired) electrons. The Morgan fingerprint density at radius 2 is 1.91 bits per heavy atom. The van der Waals surface area contributed by atoms with Crippen molar-refractivity contribution in [2.24, 2.45) is 7.05 Å². The van der Waals surface area contributed by atoms with Gasteiger partial charge in [-0.3, -0.25) is 19.0 Å². The number of alkyl halides is 4. The highest BCUT2D eigenvalue weighted by Gasteiger charge is 2.40. The van der Waals surface area contributed by atoms with E-state index in [0.29, 0.717) is 51.2 Å². The minimum atomic E-state index is -4.81. The average Bonchev–Trinajstić information content (AvgIpc) is 3.63. The first-order valence-electron chi connectivity index (χ1n) is 15.1. The number of aliphatic hydroxyl groups is 1. The molecule has 15 heteroatoms. The van der Waals surface area contributed by atoms with Gasteiger partial charge in [0.05, 0.1) is 34.2 Å². The maximum atomic E-state index is 15.1. The summed E-state index contributed by atoms with van der Waals surface area (Å²) in [6, 6.07) is 3.06. The first-order chi connectivity index (χ1) is 22.0. The van der Waals surface area contributed by atoms with Crippen molar-refractivity contribution < 1.29 is 27.1 Å². The molecule has 1 N–H and O–H groups in total. The molecule has 3 atom stereocenters. The predicted molar refractivity (Wildman–Crippen MR) is 166 cm³/mol. The largest absolute Gasteiger partial charge is 0.417 e. The number of nitrogens with zero attached hydrogens (tertiary/aromatic N) is 7. The quantitative estimate of drug-likeness (QED) is 0.240. The number of aromatic nitrogens is 4. The highest BCUT2D eigenvalue weighted by molar-refractivity contribution is 7.99. The van der Waals surface area contributed by atoms with Crippen molar-refractivity contribution in [3.8, 4) is 11.1 Å². The minimum Gasteiger partial charge on any atom is -0.375 e. The summed E-state index contributed by atoms with van der Waals surface area (Å²) in [7, 11) is 1.55. The van der Waals surface area contributed by atoms with E-state index in [9.17, 15) is 18.7 Å². The van der Waals surface area contributed by atoms with Gasteiger partial charge in [0.15, 0.2) is 0 Å². The molecule has 2 aromatic heterocycles. The molecule has 2 aromatic carbocycles. The molecule has 2 saturated heterocycles. The third-order valence-corrected chi connectivity index (χ3v) is 10.5. The second-order valence-electron chi connectivity index (χ2n) is 12.0. The molecule has 0 saturated carbocycles. The monoisotopic (exact) mass is 661 g/mol. The van der Waals surface area contributed by atoms with E-state index in [1.54, 1.807) is 16.8 Å². The SMILES string of the molecule is C=CC(O)N1CCN(c2nc(=O)n3c4c(c(-c5ccc(F)c6cnn(C)c56)c(C(F)(F)F)cc24)SCC3CN2CCC(F)C2)CC1. The number of likely N-dealkylation sites (tertiary alicyclic amines) is 1. The van der Waals surface area contributed by atoms with Gasteiger partial charge in [0.2, 0.25) is 0 Å². The number of halogens is 5. The number of aryl methyl sites for hydroxylation is 1. The summed E-state index contributed by atoms with van der Waals surface area (Å²) >= 11 is 1.22. The van der Waals surface area contributed by atoms with E-state index in [2.05, 4.69) is 16.7 Å². The number of fused-ring (bicyclic) bond motifs is 1. The highest BCUT2D eigenvalue weighted by atomic mass is 32.2. The Labute approximate surface area is 264 Å². The molecule has 46 heavy (non-hydrogen) atoms. The molecule has 4 aromatic rings. The van der Waals surface area contributed by atoms with Crippen molar-refractivity contribution in [1.29, 1.82) is 0 Å². The summed E-state index contributed by atoms with van der Waals surface area (Å²) in [5.74, 6) is -0.208. The van der Waals surface area contributed by atoms with Gasteiger partial charge in [-0.15, -0.1) is 11.8 Å². The van der Waals surface area contributed by atoms with Crippen LogP contribution >= 0.6 is 11.8 Å². The number of hydrogen-bond donors (Lipinski definition) is 1. The number of aliphatic hydroxyl groups excluding tert-OH is 1. The molecule has 7 rings (SSSR count). The molecule has 5 heterocycles. The lowest BCUT2D eigenvalue weighted by Gasteiger charge is -2.38. The number of thioether (sulfide) groups is 1. The Balaban J connectivity index is 1.49. The third-order valence-electron chi connectivity index (χ3n) is 9.23. The topological polar surface area (TPSA) is 82.7 Å². The van der Waals surface area contributed by atoms with E-state index in [-0.39, 0.29) is 50.4 Å². The van der Waals surface area contributed by atoms with Crippen molar-refractivity contribution in [3.05, 3.63) is 58.9 Å². The van der Waals surface area contributed by atoms with Crippen molar-refractivity contribution in [1.82, 2.24) is 29.1 Å². The number of benzene rings is 2. The zero-order chi connectivity index (χ0) is 32.5.